The summed E-state index contributed by atoms with van der Waals surface area (Å²) < 4.78 is 29.6. The molecule has 0 aliphatic heterocycles. The van der Waals surface area contributed by atoms with Crippen LogP contribution in [0.3, 0.4) is 0 Å². The summed E-state index contributed by atoms with van der Waals surface area (Å²) >= 11 is 0. The van der Waals surface area contributed by atoms with E-state index in [1.807, 2.05) is 0 Å². The quantitative estimate of drug-likeness (QED) is 0.791. The van der Waals surface area contributed by atoms with Crippen molar-refractivity contribution in [3.63, 3.8) is 0 Å². The maximum Gasteiger partial charge on any atom is 0.385 e. The van der Waals surface area contributed by atoms with Crippen LogP contribution in [0.5, 0.6) is 5.75 Å². The molecule has 0 bridgehead atoms. The minimum absolute atomic E-state index is 0.265. The zero-order chi connectivity index (χ0) is 12.2. The maximum atomic E-state index is 11.7. The van der Waals surface area contributed by atoms with Gasteiger partial charge in [-0.1, -0.05) is 13.8 Å². The highest BCUT2D eigenvalue weighted by atomic mass is 32.2. The first-order valence-electron chi connectivity index (χ1n) is 5.04. The number of nitrogens with zero attached hydrogens (tertiary/aromatic N) is 1. The van der Waals surface area contributed by atoms with Crippen LogP contribution in [0.25, 0.3) is 0 Å². The van der Waals surface area contributed by atoms with Crippen molar-refractivity contribution in [3.05, 3.63) is 24.3 Å². The Labute approximate surface area is 96.1 Å². The largest absolute Gasteiger partial charge is 0.399 e. The van der Waals surface area contributed by atoms with Crippen LogP contribution >= 0.6 is 0 Å². The summed E-state index contributed by atoms with van der Waals surface area (Å²) in [6.07, 6.45) is 0. The molecule has 0 unspecified atom stereocenters. The summed E-state index contributed by atoms with van der Waals surface area (Å²) in [5.41, 5.74) is 6.05. The highest BCUT2D eigenvalue weighted by molar-refractivity contribution is 7.84. The molecule has 0 aromatic heterocycles. The van der Waals surface area contributed by atoms with Gasteiger partial charge in [0.15, 0.2) is 0 Å². The average molecular weight is 244 g/mol. The van der Waals surface area contributed by atoms with Crippen molar-refractivity contribution >= 4 is 16.0 Å². The van der Waals surface area contributed by atoms with E-state index in [0.29, 0.717) is 18.8 Å². The van der Waals surface area contributed by atoms with Gasteiger partial charge in [0, 0.05) is 18.8 Å². The van der Waals surface area contributed by atoms with Gasteiger partial charge in [0.1, 0.15) is 5.75 Å². The Hall–Kier alpha value is -1.27. The third-order valence-corrected chi connectivity index (χ3v) is 3.66. The molecule has 5 nitrogen and oxygen atoms in total. The highest BCUT2D eigenvalue weighted by Gasteiger charge is 2.20. The molecular weight excluding hydrogens is 228 g/mol. The second-order valence-electron chi connectivity index (χ2n) is 3.19. The summed E-state index contributed by atoms with van der Waals surface area (Å²) in [4.78, 5) is 0. The first-order valence-corrected chi connectivity index (χ1v) is 6.41. The van der Waals surface area contributed by atoms with Gasteiger partial charge in [-0.2, -0.15) is 12.7 Å². The van der Waals surface area contributed by atoms with E-state index in [1.54, 1.807) is 26.0 Å². The number of benzene rings is 1. The van der Waals surface area contributed by atoms with Crippen molar-refractivity contribution in [1.29, 1.82) is 0 Å². The molecule has 1 aromatic carbocycles. The summed E-state index contributed by atoms with van der Waals surface area (Å²) in [5.74, 6) is 0.265. The van der Waals surface area contributed by atoms with Crippen LogP contribution in [0.2, 0.25) is 0 Å². The van der Waals surface area contributed by atoms with Crippen molar-refractivity contribution in [2.75, 3.05) is 18.8 Å². The van der Waals surface area contributed by atoms with E-state index in [9.17, 15) is 8.42 Å². The highest BCUT2D eigenvalue weighted by Crippen LogP contribution is 2.16. The summed E-state index contributed by atoms with van der Waals surface area (Å²) in [6.45, 7) is 4.28. The molecule has 0 heterocycles. The lowest BCUT2D eigenvalue weighted by atomic mass is 10.3. The number of rotatable bonds is 5. The molecule has 0 radical (unpaired) electrons. The first kappa shape index (κ1) is 12.8. The molecule has 0 atom stereocenters. The lowest BCUT2D eigenvalue weighted by molar-refractivity contribution is 0.376. The minimum atomic E-state index is -3.70. The summed E-state index contributed by atoms with van der Waals surface area (Å²) in [6, 6.07) is 6.23. The van der Waals surface area contributed by atoms with E-state index in [4.69, 9.17) is 9.92 Å². The SMILES string of the molecule is CCN(CC)S(=O)(=O)Oc1ccc(N)cc1. The van der Waals surface area contributed by atoms with Crippen LogP contribution in [0, 0.1) is 0 Å². The van der Waals surface area contributed by atoms with Gasteiger partial charge >= 0.3 is 10.3 Å². The van der Waals surface area contributed by atoms with Gasteiger partial charge in [-0.25, -0.2) is 0 Å². The van der Waals surface area contributed by atoms with Gasteiger partial charge in [-0.05, 0) is 24.3 Å². The molecule has 1 aromatic rings. The summed E-state index contributed by atoms with van der Waals surface area (Å²) in [7, 11) is -3.70. The van der Waals surface area contributed by atoms with Gasteiger partial charge in [-0.3, -0.25) is 0 Å². The standard InChI is InChI=1S/C10H16N2O3S/c1-3-12(4-2)16(13,14)15-10-7-5-9(11)6-8-10/h5-8H,3-4,11H2,1-2H3. The Morgan fingerprint density at radius 1 is 1.19 bits per heavy atom. The Kier molecular flexibility index (Phi) is 4.14. The topological polar surface area (TPSA) is 72.6 Å². The normalized spacial score (nSPS) is 11.7. The Morgan fingerprint density at radius 2 is 1.69 bits per heavy atom. The second kappa shape index (κ2) is 5.18. The lowest BCUT2D eigenvalue weighted by Gasteiger charge is -2.17. The molecular formula is C10H16N2O3S. The van der Waals surface area contributed by atoms with Crippen LogP contribution in [0.15, 0.2) is 24.3 Å². The Bertz CT molecular complexity index is 424. The molecule has 0 amide bonds. The Balaban J connectivity index is 2.84. The lowest BCUT2D eigenvalue weighted by Crippen LogP contribution is -2.34. The van der Waals surface area contributed by atoms with Crippen LogP contribution in [-0.4, -0.2) is 25.8 Å². The fourth-order valence-electron chi connectivity index (χ4n) is 1.24. The van der Waals surface area contributed by atoms with Gasteiger partial charge in [0.25, 0.3) is 0 Å². The predicted molar refractivity (Wildman–Crippen MR) is 63.3 cm³/mol. The molecule has 16 heavy (non-hydrogen) atoms. The number of hydrogen-bond acceptors (Lipinski definition) is 4. The zero-order valence-electron chi connectivity index (χ0n) is 9.38. The van der Waals surface area contributed by atoms with E-state index in [2.05, 4.69) is 0 Å². The van der Waals surface area contributed by atoms with Crippen molar-refractivity contribution in [2.45, 2.75) is 13.8 Å². The first-order chi connectivity index (χ1) is 7.49. The molecule has 6 heteroatoms. The average Bonchev–Trinajstić information content (AvgIpc) is 2.22. The number of nitrogens with two attached hydrogens (primary N) is 1. The second-order valence-corrected chi connectivity index (χ2v) is 4.73. The van der Waals surface area contributed by atoms with Gasteiger partial charge < -0.3 is 9.92 Å². The number of anilines is 1. The van der Waals surface area contributed by atoms with Crippen molar-refractivity contribution in [2.24, 2.45) is 0 Å². The smallest absolute Gasteiger partial charge is 0.385 e. The molecule has 0 aliphatic rings. The third-order valence-electron chi connectivity index (χ3n) is 2.10. The van der Waals surface area contributed by atoms with E-state index in [1.165, 1.54) is 16.4 Å². The maximum absolute atomic E-state index is 11.7. The van der Waals surface area contributed by atoms with Crippen LogP contribution in [0.4, 0.5) is 5.69 Å². The number of hydrogen-bond donors (Lipinski definition) is 1. The molecule has 0 aliphatic carbocycles. The van der Waals surface area contributed by atoms with E-state index in [0.717, 1.165) is 0 Å². The third kappa shape index (κ3) is 3.11. The summed E-state index contributed by atoms with van der Waals surface area (Å²) in [5, 5.41) is 0. The minimum Gasteiger partial charge on any atom is -0.399 e. The van der Waals surface area contributed by atoms with E-state index in [-0.39, 0.29) is 5.75 Å². The van der Waals surface area contributed by atoms with Gasteiger partial charge in [0.05, 0.1) is 0 Å². The zero-order valence-corrected chi connectivity index (χ0v) is 10.2. The molecule has 2 N–H and O–H groups in total. The van der Waals surface area contributed by atoms with Crippen molar-refractivity contribution in [1.82, 2.24) is 4.31 Å². The monoisotopic (exact) mass is 244 g/mol. The Morgan fingerprint density at radius 3 is 2.12 bits per heavy atom. The van der Waals surface area contributed by atoms with Crippen molar-refractivity contribution in [3.8, 4) is 5.75 Å². The van der Waals surface area contributed by atoms with Crippen LogP contribution in [0.1, 0.15) is 13.8 Å². The molecule has 0 spiro atoms. The van der Waals surface area contributed by atoms with E-state index < -0.39 is 10.3 Å². The molecule has 90 valence electrons. The molecule has 0 saturated carbocycles. The van der Waals surface area contributed by atoms with Gasteiger partial charge in [-0.15, -0.1) is 0 Å². The molecule has 1 rings (SSSR count). The fraction of sp³-hybridized carbons (Fsp3) is 0.400. The number of nitrogen functional groups attached to an aromatic ring is 1. The van der Waals surface area contributed by atoms with E-state index >= 15 is 0 Å². The molecule has 0 fully saturated rings. The van der Waals surface area contributed by atoms with Crippen LogP contribution < -0.4 is 9.92 Å². The van der Waals surface area contributed by atoms with Gasteiger partial charge in [0.2, 0.25) is 0 Å². The predicted octanol–water partition coefficient (Wildman–Crippen LogP) is 1.23. The van der Waals surface area contributed by atoms with Crippen LogP contribution in [-0.2, 0) is 10.3 Å². The molecule has 0 saturated heterocycles. The fourth-order valence-corrected chi connectivity index (χ4v) is 2.33. The van der Waals surface area contributed by atoms with Crippen molar-refractivity contribution < 1.29 is 12.6 Å².